The summed E-state index contributed by atoms with van der Waals surface area (Å²) in [5.74, 6) is 0.282. The van der Waals surface area contributed by atoms with E-state index in [1.165, 1.54) is 16.8 Å². The third-order valence-electron chi connectivity index (χ3n) is 6.15. The molecule has 1 aromatic carbocycles. The van der Waals surface area contributed by atoms with Crippen molar-refractivity contribution in [3.05, 3.63) is 92.9 Å². The van der Waals surface area contributed by atoms with E-state index in [4.69, 9.17) is 4.99 Å². The molecule has 0 radical (unpaired) electrons. The van der Waals surface area contributed by atoms with Gasteiger partial charge >= 0.3 is 0 Å². The summed E-state index contributed by atoms with van der Waals surface area (Å²) in [5, 5.41) is 0. The number of rotatable bonds is 4. The lowest BCUT2D eigenvalue weighted by atomic mass is 9.63. The summed E-state index contributed by atoms with van der Waals surface area (Å²) >= 11 is 0. The van der Waals surface area contributed by atoms with Gasteiger partial charge in [-0.05, 0) is 49.6 Å². The molecule has 0 aliphatic heterocycles. The molecule has 2 atom stereocenters. The first-order valence-electron chi connectivity index (χ1n) is 10.5. The van der Waals surface area contributed by atoms with Crippen LogP contribution in [-0.4, -0.2) is 25.3 Å². The standard InChI is InChI=1S/C26H29N3O/c1-5-21-20-15-18(2)17-26(21,22-12-13-25(30)28-23(22)16-20)27-14-8-10-19-9-6-7-11-24(19)29(3)4/h5-15,20H,16-17H2,1-4H3,(H,28,30)/b10-8?,21-5+,27-14?/t20-,26+/m0/s1. The second-order valence-corrected chi connectivity index (χ2v) is 8.41. The molecule has 0 spiro atoms. The van der Waals surface area contributed by atoms with E-state index in [9.17, 15) is 4.79 Å². The zero-order valence-electron chi connectivity index (χ0n) is 18.1. The summed E-state index contributed by atoms with van der Waals surface area (Å²) in [6, 6.07) is 11.9. The lowest BCUT2D eigenvalue weighted by molar-refractivity contribution is 0.413. The first-order valence-corrected chi connectivity index (χ1v) is 10.5. The second-order valence-electron chi connectivity index (χ2n) is 8.41. The number of aliphatic imine (C=N–C) groups is 1. The van der Waals surface area contributed by atoms with Crippen molar-refractivity contribution in [2.75, 3.05) is 19.0 Å². The van der Waals surface area contributed by atoms with Gasteiger partial charge in [0, 0.05) is 55.7 Å². The molecule has 154 valence electrons. The Morgan fingerprint density at radius 3 is 2.77 bits per heavy atom. The van der Waals surface area contributed by atoms with Crippen molar-refractivity contribution in [1.82, 2.24) is 4.98 Å². The van der Waals surface area contributed by atoms with E-state index in [1.807, 2.05) is 24.4 Å². The number of fused-ring (bicyclic) bond motifs is 4. The fourth-order valence-corrected chi connectivity index (χ4v) is 5.01. The molecule has 2 aliphatic carbocycles. The minimum Gasteiger partial charge on any atom is -0.377 e. The number of nitrogens with one attached hydrogen (secondary N) is 1. The van der Waals surface area contributed by atoms with Crippen molar-refractivity contribution in [2.24, 2.45) is 10.9 Å². The Hall–Kier alpha value is -3.14. The fourth-order valence-electron chi connectivity index (χ4n) is 5.01. The van der Waals surface area contributed by atoms with Crippen LogP contribution in [0.4, 0.5) is 5.69 Å². The summed E-state index contributed by atoms with van der Waals surface area (Å²) < 4.78 is 0. The second kappa shape index (κ2) is 7.94. The van der Waals surface area contributed by atoms with Crippen LogP contribution in [0.5, 0.6) is 0 Å². The van der Waals surface area contributed by atoms with Gasteiger partial charge in [-0.2, -0.15) is 0 Å². The number of para-hydroxylation sites is 1. The Balaban J connectivity index is 1.76. The number of aromatic amines is 1. The first-order chi connectivity index (χ1) is 14.4. The van der Waals surface area contributed by atoms with Crippen molar-refractivity contribution in [2.45, 2.75) is 32.2 Å². The van der Waals surface area contributed by atoms with Crippen LogP contribution in [0.15, 0.2) is 75.6 Å². The minimum absolute atomic E-state index is 0.0456. The molecule has 1 aromatic heterocycles. The maximum Gasteiger partial charge on any atom is 0.248 e. The molecule has 1 N–H and O–H groups in total. The van der Waals surface area contributed by atoms with Crippen LogP contribution in [0.25, 0.3) is 6.08 Å². The SMILES string of the molecule is C/C=C1\[C@H]2C=C(C)C[C@]1(N=CC=Cc1ccccc1N(C)C)c1ccc(=O)[nH]c1C2. The lowest BCUT2D eigenvalue weighted by Crippen LogP contribution is -2.40. The van der Waals surface area contributed by atoms with Crippen molar-refractivity contribution >= 4 is 18.0 Å². The highest BCUT2D eigenvalue weighted by Gasteiger charge is 2.46. The number of anilines is 1. The van der Waals surface area contributed by atoms with E-state index in [-0.39, 0.29) is 11.5 Å². The van der Waals surface area contributed by atoms with Crippen LogP contribution in [0.2, 0.25) is 0 Å². The van der Waals surface area contributed by atoms with Gasteiger partial charge in [-0.3, -0.25) is 9.79 Å². The third kappa shape index (κ3) is 3.47. The number of hydrogen-bond donors (Lipinski definition) is 1. The average Bonchev–Trinajstić information content (AvgIpc) is 2.70. The number of H-pyrrole nitrogens is 1. The smallest absolute Gasteiger partial charge is 0.248 e. The molecular weight excluding hydrogens is 370 g/mol. The van der Waals surface area contributed by atoms with Gasteiger partial charge in [0.25, 0.3) is 0 Å². The topological polar surface area (TPSA) is 48.5 Å². The monoisotopic (exact) mass is 399 g/mol. The number of pyridine rings is 1. The number of hydrogen-bond acceptors (Lipinski definition) is 3. The average molecular weight is 400 g/mol. The van der Waals surface area contributed by atoms with Crippen LogP contribution in [0, 0.1) is 5.92 Å². The predicted molar refractivity (Wildman–Crippen MR) is 126 cm³/mol. The van der Waals surface area contributed by atoms with Crippen molar-refractivity contribution in [3.63, 3.8) is 0 Å². The molecule has 4 nitrogen and oxygen atoms in total. The molecule has 0 saturated carbocycles. The number of benzene rings is 1. The van der Waals surface area contributed by atoms with Crippen LogP contribution in [0.1, 0.15) is 37.1 Å². The largest absolute Gasteiger partial charge is 0.377 e. The van der Waals surface area contributed by atoms with Gasteiger partial charge < -0.3 is 9.88 Å². The highest BCUT2D eigenvalue weighted by molar-refractivity contribution is 5.82. The lowest BCUT2D eigenvalue weighted by Gasteiger charge is -2.45. The predicted octanol–water partition coefficient (Wildman–Crippen LogP) is 4.89. The van der Waals surface area contributed by atoms with Crippen molar-refractivity contribution < 1.29 is 0 Å². The number of nitrogens with zero attached hydrogens (tertiary/aromatic N) is 2. The Morgan fingerprint density at radius 2 is 2.00 bits per heavy atom. The minimum atomic E-state index is -0.443. The first kappa shape index (κ1) is 20.1. The van der Waals surface area contributed by atoms with Gasteiger partial charge in [-0.15, -0.1) is 0 Å². The van der Waals surface area contributed by atoms with E-state index in [2.05, 4.69) is 74.3 Å². The highest BCUT2D eigenvalue weighted by Crippen LogP contribution is 2.51. The Kier molecular flexibility index (Phi) is 5.33. The molecule has 0 unspecified atom stereocenters. The van der Waals surface area contributed by atoms with Gasteiger partial charge in [0.05, 0.1) is 0 Å². The fraction of sp³-hybridized carbons (Fsp3) is 0.308. The van der Waals surface area contributed by atoms with Crippen LogP contribution < -0.4 is 10.5 Å². The van der Waals surface area contributed by atoms with Gasteiger partial charge in [0.1, 0.15) is 5.54 Å². The zero-order chi connectivity index (χ0) is 21.3. The van der Waals surface area contributed by atoms with E-state index in [0.717, 1.165) is 29.7 Å². The maximum atomic E-state index is 11.9. The van der Waals surface area contributed by atoms with E-state index in [1.54, 1.807) is 6.07 Å². The quantitative estimate of drug-likeness (QED) is 0.588. The summed E-state index contributed by atoms with van der Waals surface area (Å²) in [5.41, 5.74) is 6.65. The van der Waals surface area contributed by atoms with Crippen LogP contribution in [-0.2, 0) is 12.0 Å². The molecule has 0 fully saturated rings. The number of allylic oxidation sites excluding steroid dienone is 3. The molecule has 0 saturated heterocycles. The molecule has 2 bridgehead atoms. The van der Waals surface area contributed by atoms with Gasteiger partial charge in [-0.1, -0.05) is 42.0 Å². The van der Waals surface area contributed by atoms with E-state index in [0.29, 0.717) is 0 Å². The van der Waals surface area contributed by atoms with Gasteiger partial charge in [-0.25, -0.2) is 0 Å². The highest BCUT2D eigenvalue weighted by atomic mass is 16.1. The molecule has 2 aromatic rings. The van der Waals surface area contributed by atoms with Crippen LogP contribution >= 0.6 is 0 Å². The zero-order valence-corrected chi connectivity index (χ0v) is 18.1. The van der Waals surface area contributed by atoms with Gasteiger partial charge in [0.15, 0.2) is 0 Å². The van der Waals surface area contributed by atoms with E-state index >= 15 is 0 Å². The summed E-state index contributed by atoms with van der Waals surface area (Å²) in [4.78, 5) is 22.3. The summed E-state index contributed by atoms with van der Waals surface area (Å²) in [6.07, 6.45) is 12.3. The molecular formula is C26H29N3O. The third-order valence-corrected chi connectivity index (χ3v) is 6.15. The maximum absolute atomic E-state index is 11.9. The Morgan fingerprint density at radius 1 is 1.20 bits per heavy atom. The Labute approximate surface area is 178 Å². The Bertz CT molecular complexity index is 1130. The van der Waals surface area contributed by atoms with Crippen LogP contribution in [0.3, 0.4) is 0 Å². The normalized spacial score (nSPS) is 24.3. The van der Waals surface area contributed by atoms with E-state index < -0.39 is 5.54 Å². The molecule has 30 heavy (non-hydrogen) atoms. The molecule has 1 heterocycles. The van der Waals surface area contributed by atoms with Crippen molar-refractivity contribution in [3.8, 4) is 0 Å². The summed E-state index contributed by atoms with van der Waals surface area (Å²) in [7, 11) is 4.10. The van der Waals surface area contributed by atoms with Crippen molar-refractivity contribution in [1.29, 1.82) is 0 Å². The summed E-state index contributed by atoms with van der Waals surface area (Å²) in [6.45, 7) is 4.28. The molecule has 4 rings (SSSR count). The molecule has 0 amide bonds. The molecule has 4 heteroatoms. The number of aromatic nitrogens is 1. The van der Waals surface area contributed by atoms with Gasteiger partial charge in [0.2, 0.25) is 5.56 Å². The molecule has 2 aliphatic rings.